The standard InChI is InChI=1S/C30H65NO5Si3/c1-9-10-11-12-13-14-15-16-17-18-19-20-21-22-24-28(27-29(32)33)30(34)31-25-23-26-38(5,6)36-39(7,8)35-37(2,3)4/h28H,9-27H2,1-8H3,(H,31,34)(H,32,33). The summed E-state index contributed by atoms with van der Waals surface area (Å²) in [5.74, 6) is -1.43. The minimum absolute atomic E-state index is 0.0819. The molecular formula is C30H65NO5Si3. The number of amides is 1. The van der Waals surface area contributed by atoms with E-state index in [1.165, 1.54) is 77.0 Å². The molecule has 232 valence electrons. The quantitative estimate of drug-likeness (QED) is 0.0760. The zero-order valence-corrected chi connectivity index (χ0v) is 30.1. The molecule has 0 aromatic rings. The fraction of sp³-hybridized carbons (Fsp3) is 0.933. The molecule has 9 heteroatoms. The summed E-state index contributed by atoms with van der Waals surface area (Å²) in [5, 5.41) is 12.3. The molecular weight excluding hydrogens is 539 g/mol. The first-order chi connectivity index (χ1) is 18.2. The first kappa shape index (κ1) is 38.5. The van der Waals surface area contributed by atoms with Crippen molar-refractivity contribution in [1.29, 1.82) is 0 Å². The third-order valence-corrected chi connectivity index (χ3v) is 17.2. The van der Waals surface area contributed by atoms with Gasteiger partial charge < -0.3 is 18.7 Å². The minimum Gasteiger partial charge on any atom is -0.481 e. The van der Waals surface area contributed by atoms with Crippen molar-refractivity contribution in [2.45, 2.75) is 168 Å². The minimum atomic E-state index is -2.16. The molecule has 0 bridgehead atoms. The molecule has 0 aromatic heterocycles. The molecule has 0 aliphatic carbocycles. The highest BCUT2D eigenvalue weighted by Crippen LogP contribution is 2.24. The Morgan fingerprint density at radius 1 is 0.692 bits per heavy atom. The molecule has 0 aromatic carbocycles. The highest BCUT2D eigenvalue weighted by atomic mass is 28.5. The molecule has 0 radical (unpaired) electrons. The van der Waals surface area contributed by atoms with Crippen molar-refractivity contribution in [3.05, 3.63) is 0 Å². The van der Waals surface area contributed by atoms with E-state index in [0.29, 0.717) is 13.0 Å². The van der Waals surface area contributed by atoms with Gasteiger partial charge in [-0.1, -0.05) is 96.8 Å². The van der Waals surface area contributed by atoms with Crippen molar-refractivity contribution in [3.63, 3.8) is 0 Å². The molecule has 0 aliphatic heterocycles. The third-order valence-electron chi connectivity index (χ3n) is 7.03. The molecule has 39 heavy (non-hydrogen) atoms. The molecule has 1 atom stereocenters. The van der Waals surface area contributed by atoms with Gasteiger partial charge in [0, 0.05) is 12.5 Å². The summed E-state index contributed by atoms with van der Waals surface area (Å²) in [6, 6.07) is 0.946. The van der Waals surface area contributed by atoms with Gasteiger partial charge in [-0.2, -0.15) is 0 Å². The van der Waals surface area contributed by atoms with Crippen LogP contribution >= 0.6 is 0 Å². The van der Waals surface area contributed by atoms with Crippen molar-refractivity contribution in [3.8, 4) is 0 Å². The average molecular weight is 604 g/mol. The van der Waals surface area contributed by atoms with Gasteiger partial charge in [-0.25, -0.2) is 0 Å². The largest absolute Gasteiger partial charge is 0.481 e. The zero-order valence-electron chi connectivity index (χ0n) is 27.1. The SMILES string of the molecule is CCCCCCCCCCCCCCCCC(CC(=O)O)C(=O)NCCC[Si](C)(C)O[Si](C)(C)O[Si](C)(C)C. The van der Waals surface area contributed by atoms with Crippen LogP contribution in [0.1, 0.15) is 116 Å². The Hall–Kier alpha value is -0.489. The predicted molar refractivity (Wildman–Crippen MR) is 174 cm³/mol. The normalized spacial score (nSPS) is 13.4. The Morgan fingerprint density at radius 2 is 1.15 bits per heavy atom. The summed E-state index contributed by atoms with van der Waals surface area (Å²) in [6.45, 7) is 18.1. The van der Waals surface area contributed by atoms with E-state index in [-0.39, 0.29) is 12.3 Å². The van der Waals surface area contributed by atoms with Gasteiger partial charge >= 0.3 is 14.5 Å². The number of carboxylic acid groups (broad SMARTS) is 1. The Balaban J connectivity index is 4.12. The van der Waals surface area contributed by atoms with Crippen LogP contribution in [0, 0.1) is 5.92 Å². The number of hydrogen-bond acceptors (Lipinski definition) is 4. The van der Waals surface area contributed by atoms with Crippen molar-refractivity contribution in [1.82, 2.24) is 5.32 Å². The van der Waals surface area contributed by atoms with Gasteiger partial charge in [-0.15, -0.1) is 0 Å². The van der Waals surface area contributed by atoms with E-state index in [2.05, 4.69) is 58.1 Å². The van der Waals surface area contributed by atoms with E-state index in [1.54, 1.807) is 0 Å². The summed E-state index contributed by atoms with van der Waals surface area (Å²) in [5.41, 5.74) is 0. The van der Waals surface area contributed by atoms with E-state index >= 15 is 0 Å². The number of hydrogen-bond donors (Lipinski definition) is 2. The fourth-order valence-electron chi connectivity index (χ4n) is 5.47. The van der Waals surface area contributed by atoms with E-state index in [0.717, 1.165) is 25.3 Å². The molecule has 1 unspecified atom stereocenters. The Morgan fingerprint density at radius 3 is 1.59 bits per heavy atom. The highest BCUT2D eigenvalue weighted by molar-refractivity contribution is 6.87. The number of aliphatic carboxylic acids is 1. The Bertz CT molecular complexity index is 653. The molecule has 0 saturated carbocycles. The van der Waals surface area contributed by atoms with Crippen molar-refractivity contribution >= 4 is 37.1 Å². The van der Waals surface area contributed by atoms with Crippen LogP contribution in [-0.2, 0) is 17.8 Å². The van der Waals surface area contributed by atoms with Crippen molar-refractivity contribution < 1.29 is 22.9 Å². The van der Waals surface area contributed by atoms with Gasteiger partial charge in [0.05, 0.1) is 6.42 Å². The van der Waals surface area contributed by atoms with Gasteiger partial charge in [0.25, 0.3) is 0 Å². The maximum atomic E-state index is 12.8. The summed E-state index contributed by atoms with van der Waals surface area (Å²) in [7, 11) is -5.72. The summed E-state index contributed by atoms with van der Waals surface area (Å²) >= 11 is 0. The van der Waals surface area contributed by atoms with E-state index in [4.69, 9.17) is 8.23 Å². The van der Waals surface area contributed by atoms with Crippen LogP contribution in [-0.4, -0.2) is 48.7 Å². The lowest BCUT2D eigenvalue weighted by molar-refractivity contribution is -0.141. The van der Waals surface area contributed by atoms with Gasteiger partial charge in [0.15, 0.2) is 16.6 Å². The molecule has 6 nitrogen and oxygen atoms in total. The van der Waals surface area contributed by atoms with Gasteiger partial charge in [-0.05, 0) is 64.7 Å². The molecule has 0 fully saturated rings. The number of carboxylic acids is 1. The number of unbranched alkanes of at least 4 members (excludes halogenated alkanes) is 13. The molecule has 0 saturated heterocycles. The lowest BCUT2D eigenvalue weighted by atomic mass is 9.96. The molecule has 0 rings (SSSR count). The number of carbonyl (C=O) groups is 2. The molecule has 2 N–H and O–H groups in total. The first-order valence-electron chi connectivity index (χ1n) is 16.1. The average Bonchev–Trinajstić information content (AvgIpc) is 2.78. The van der Waals surface area contributed by atoms with E-state index in [1.807, 2.05) is 0 Å². The summed E-state index contributed by atoms with van der Waals surface area (Å²) < 4.78 is 12.9. The van der Waals surface area contributed by atoms with Crippen LogP contribution in [0.5, 0.6) is 0 Å². The van der Waals surface area contributed by atoms with Crippen LogP contribution in [0.3, 0.4) is 0 Å². The van der Waals surface area contributed by atoms with Crippen LogP contribution in [0.4, 0.5) is 0 Å². The second-order valence-corrected chi connectivity index (χ2v) is 26.2. The second-order valence-electron chi connectivity index (χ2n) is 13.6. The van der Waals surface area contributed by atoms with Crippen LogP contribution in [0.15, 0.2) is 0 Å². The van der Waals surface area contributed by atoms with Crippen molar-refractivity contribution in [2.24, 2.45) is 5.92 Å². The van der Waals surface area contributed by atoms with Gasteiger partial charge in [0.2, 0.25) is 5.91 Å². The zero-order chi connectivity index (χ0) is 29.8. The predicted octanol–water partition coefficient (Wildman–Crippen LogP) is 9.23. The maximum Gasteiger partial charge on any atom is 0.311 e. The van der Waals surface area contributed by atoms with Gasteiger partial charge in [0.1, 0.15) is 0 Å². The van der Waals surface area contributed by atoms with E-state index < -0.39 is 37.1 Å². The van der Waals surface area contributed by atoms with Crippen LogP contribution in [0.2, 0.25) is 51.9 Å². The smallest absolute Gasteiger partial charge is 0.311 e. The molecule has 0 aliphatic rings. The molecule has 0 spiro atoms. The van der Waals surface area contributed by atoms with E-state index in [9.17, 15) is 14.7 Å². The summed E-state index contributed by atoms with van der Waals surface area (Å²) in [6.07, 6.45) is 19.5. The second kappa shape index (κ2) is 21.2. The lowest BCUT2D eigenvalue weighted by Gasteiger charge is -2.37. The molecule has 1 amide bonds. The number of nitrogens with one attached hydrogen (secondary N) is 1. The highest BCUT2D eigenvalue weighted by Gasteiger charge is 2.37. The Labute approximate surface area is 245 Å². The summed E-state index contributed by atoms with van der Waals surface area (Å²) in [4.78, 5) is 24.1. The topological polar surface area (TPSA) is 84.9 Å². The number of carbonyl (C=O) groups excluding carboxylic acids is 1. The monoisotopic (exact) mass is 603 g/mol. The maximum absolute atomic E-state index is 12.8. The van der Waals surface area contributed by atoms with Crippen LogP contribution < -0.4 is 5.32 Å². The van der Waals surface area contributed by atoms with Crippen molar-refractivity contribution in [2.75, 3.05) is 6.54 Å². The third kappa shape index (κ3) is 25.0. The number of rotatable bonds is 26. The lowest BCUT2D eigenvalue weighted by Crippen LogP contribution is -2.51. The van der Waals surface area contributed by atoms with Crippen LogP contribution in [0.25, 0.3) is 0 Å². The first-order valence-corrected chi connectivity index (χ1v) is 25.4. The molecule has 0 heterocycles. The van der Waals surface area contributed by atoms with Gasteiger partial charge in [-0.3, -0.25) is 9.59 Å². The Kier molecular flexibility index (Phi) is 21.0. The fourth-order valence-corrected chi connectivity index (χ4v) is 18.7.